The smallest absolute Gasteiger partial charge is 0.287 e. The van der Waals surface area contributed by atoms with Gasteiger partial charge in [-0.2, -0.15) is 0 Å². The third kappa shape index (κ3) is 4.04. The summed E-state index contributed by atoms with van der Waals surface area (Å²) in [5.41, 5.74) is 0. The first kappa shape index (κ1) is 15.1. The van der Waals surface area contributed by atoms with E-state index in [1.807, 2.05) is 0 Å². The van der Waals surface area contributed by atoms with Crippen LogP contribution in [-0.4, -0.2) is 30.5 Å². The molecule has 76 valence electrons. The minimum Gasteiger partial charge on any atom is -0.625 e. The van der Waals surface area contributed by atoms with E-state index in [1.165, 1.54) is 7.11 Å². The first-order valence-corrected chi connectivity index (χ1v) is 3.20. The topological polar surface area (TPSA) is 60.6 Å². The molecule has 1 aliphatic heterocycles. The summed E-state index contributed by atoms with van der Waals surface area (Å²) in [6, 6.07) is -0.431. The summed E-state index contributed by atoms with van der Waals surface area (Å²) >= 11 is 0. The molecular weight excluding hydrogens is 340 g/mol. The molecule has 1 saturated heterocycles. The summed E-state index contributed by atoms with van der Waals surface area (Å²) in [6.07, 6.45) is 0.511. The Balaban J connectivity index is 0. The zero-order chi connectivity index (χ0) is 7.56. The molecule has 0 aromatic rings. The number of rotatable bonds is 1. The number of hydrogen-bond donors (Lipinski definition) is 1. The molecule has 0 aliphatic carbocycles. The van der Waals surface area contributed by atoms with E-state index in [0.29, 0.717) is 12.8 Å². The van der Waals surface area contributed by atoms with Gasteiger partial charge in [0.25, 0.3) is 5.97 Å². The molecule has 1 aliphatic rings. The van der Waals surface area contributed by atoms with Crippen molar-refractivity contribution in [2.45, 2.75) is 25.1 Å². The Bertz CT molecular complexity index is 145. The van der Waals surface area contributed by atoms with Gasteiger partial charge in [-0.05, 0) is 18.7 Å². The molecule has 6 heteroatoms. The first-order chi connectivity index (χ1) is 4.74. The summed E-state index contributed by atoms with van der Waals surface area (Å²) in [4.78, 5) is 10.7. The Morgan fingerprint density at radius 2 is 2.08 bits per heavy atom. The number of nitrogens with zero attached hydrogens (tertiary/aromatic N) is 1. The molecule has 2 atom stereocenters. The van der Waals surface area contributed by atoms with Gasteiger partial charge in [0.15, 0.2) is 0 Å². The molecule has 0 aromatic carbocycles. The summed E-state index contributed by atoms with van der Waals surface area (Å²) in [7, 11) is 1.32. The van der Waals surface area contributed by atoms with E-state index < -0.39 is 12.3 Å². The average molecular weight is 350 g/mol. The zero-order valence-electron chi connectivity index (χ0n) is 6.45. The normalized spacial score (nSPS) is 26.8. The van der Waals surface area contributed by atoms with Crippen molar-refractivity contribution in [2.75, 3.05) is 7.11 Å². The molecule has 4 nitrogen and oxygen atoms in total. The Morgan fingerprint density at radius 1 is 1.50 bits per heavy atom. The maximum absolute atomic E-state index is 10.7. The van der Waals surface area contributed by atoms with E-state index in [-0.39, 0.29) is 44.9 Å². The molecule has 1 fully saturated rings. The number of hydrogen-bond acceptors (Lipinski definition) is 3. The Labute approximate surface area is 96.9 Å². The SMILES string of the molecule is COC(=O)[C@@H]1CCC(O)[N-]1.[Rh].[Rh]. The van der Waals surface area contributed by atoms with E-state index in [9.17, 15) is 4.79 Å². The van der Waals surface area contributed by atoms with Crippen LogP contribution in [0.25, 0.3) is 5.32 Å². The standard InChI is InChI=1S/C6H10NO3.2Rh/c1-10-6(9)4-2-3-5(8)7-4;;/h4-5,8H,2-3H2,1H3;;/q-1;;/t4-,5?;;/m0../s1. The molecule has 12 heavy (non-hydrogen) atoms. The van der Waals surface area contributed by atoms with Gasteiger partial charge in [-0.1, -0.05) is 6.42 Å². The molecule has 1 unspecified atom stereocenters. The summed E-state index contributed by atoms with van der Waals surface area (Å²) in [5.74, 6) is -0.350. The van der Waals surface area contributed by atoms with Crippen LogP contribution in [0.3, 0.4) is 0 Å². The van der Waals surface area contributed by atoms with Gasteiger partial charge in [0.05, 0.1) is 7.11 Å². The van der Waals surface area contributed by atoms with Crippen molar-refractivity contribution in [1.29, 1.82) is 0 Å². The monoisotopic (exact) mass is 350 g/mol. The first-order valence-electron chi connectivity index (χ1n) is 3.20. The number of esters is 1. The molecule has 0 saturated carbocycles. The molecular formula is C6H10NO3Rh2-. The Kier molecular flexibility index (Phi) is 8.92. The van der Waals surface area contributed by atoms with Gasteiger partial charge in [-0.3, -0.25) is 4.79 Å². The molecule has 1 N–H and O–H groups in total. The van der Waals surface area contributed by atoms with Crippen LogP contribution >= 0.6 is 0 Å². The number of carbonyl (C=O) groups excluding carboxylic acids is 1. The largest absolute Gasteiger partial charge is 0.625 e. The van der Waals surface area contributed by atoms with Crippen molar-refractivity contribution < 1.29 is 53.6 Å². The van der Waals surface area contributed by atoms with Crippen molar-refractivity contribution in [3.8, 4) is 0 Å². The number of ether oxygens (including phenoxy) is 1. The number of carbonyl (C=O) groups is 1. The van der Waals surface area contributed by atoms with Gasteiger partial charge in [0, 0.05) is 39.0 Å². The minimum atomic E-state index is -0.663. The van der Waals surface area contributed by atoms with Crippen LogP contribution < -0.4 is 0 Å². The summed E-state index contributed by atoms with van der Waals surface area (Å²) in [6.45, 7) is 0. The Hall–Kier alpha value is 0.637. The predicted molar refractivity (Wildman–Crippen MR) is 34.4 cm³/mol. The fourth-order valence-corrected chi connectivity index (χ4v) is 0.978. The predicted octanol–water partition coefficient (Wildman–Crippen LogP) is 0.00890. The maximum Gasteiger partial charge on any atom is 0.287 e. The molecule has 1 rings (SSSR count). The van der Waals surface area contributed by atoms with E-state index in [4.69, 9.17) is 5.11 Å². The average Bonchev–Trinajstić information content (AvgIpc) is 2.34. The van der Waals surface area contributed by atoms with E-state index in [2.05, 4.69) is 10.1 Å². The fourth-order valence-electron chi connectivity index (χ4n) is 0.978. The quantitative estimate of drug-likeness (QED) is 0.536. The molecule has 2 radical (unpaired) electrons. The van der Waals surface area contributed by atoms with Crippen LogP contribution in [0.2, 0.25) is 0 Å². The second-order valence-electron chi connectivity index (χ2n) is 2.25. The van der Waals surface area contributed by atoms with Crippen LogP contribution in [0, 0.1) is 0 Å². The van der Waals surface area contributed by atoms with E-state index >= 15 is 0 Å². The van der Waals surface area contributed by atoms with Gasteiger partial charge < -0.3 is 15.2 Å². The molecule has 0 bridgehead atoms. The zero-order valence-corrected chi connectivity index (χ0v) is 9.72. The molecule has 1 heterocycles. The maximum atomic E-state index is 10.7. The van der Waals surface area contributed by atoms with Crippen molar-refractivity contribution in [3.05, 3.63) is 5.32 Å². The molecule has 0 spiro atoms. The number of methoxy groups -OCH3 is 1. The minimum absolute atomic E-state index is 0. The second-order valence-corrected chi connectivity index (χ2v) is 2.25. The van der Waals surface area contributed by atoms with Gasteiger partial charge in [0.1, 0.15) is 0 Å². The Morgan fingerprint density at radius 3 is 2.42 bits per heavy atom. The van der Waals surface area contributed by atoms with E-state index in [1.54, 1.807) is 0 Å². The van der Waals surface area contributed by atoms with E-state index in [0.717, 1.165) is 0 Å². The van der Waals surface area contributed by atoms with Crippen LogP contribution in [0.15, 0.2) is 0 Å². The third-order valence-corrected chi connectivity index (χ3v) is 1.52. The van der Waals surface area contributed by atoms with Crippen molar-refractivity contribution in [1.82, 2.24) is 0 Å². The number of aliphatic hydroxyl groups excluding tert-OH is 1. The summed E-state index contributed by atoms with van der Waals surface area (Å²) in [5, 5.41) is 12.6. The van der Waals surface area contributed by atoms with Crippen molar-refractivity contribution >= 4 is 5.97 Å². The second kappa shape index (κ2) is 7.08. The molecule has 0 aromatic heterocycles. The van der Waals surface area contributed by atoms with Crippen molar-refractivity contribution in [2.24, 2.45) is 0 Å². The van der Waals surface area contributed by atoms with Crippen LogP contribution in [0.1, 0.15) is 12.8 Å². The van der Waals surface area contributed by atoms with Crippen LogP contribution in [0.4, 0.5) is 0 Å². The van der Waals surface area contributed by atoms with Crippen molar-refractivity contribution in [3.63, 3.8) is 0 Å². The van der Waals surface area contributed by atoms with Gasteiger partial charge in [-0.15, -0.1) is 0 Å². The van der Waals surface area contributed by atoms with Crippen LogP contribution in [-0.2, 0) is 48.5 Å². The van der Waals surface area contributed by atoms with Gasteiger partial charge in [-0.25, -0.2) is 0 Å². The van der Waals surface area contributed by atoms with Gasteiger partial charge in [0.2, 0.25) is 0 Å². The fraction of sp³-hybridized carbons (Fsp3) is 0.833. The van der Waals surface area contributed by atoms with Crippen LogP contribution in [0.5, 0.6) is 0 Å². The number of aliphatic hydroxyl groups is 1. The third-order valence-electron chi connectivity index (χ3n) is 1.52. The molecule has 0 amide bonds. The van der Waals surface area contributed by atoms with Gasteiger partial charge >= 0.3 is 0 Å². The summed E-state index contributed by atoms with van der Waals surface area (Å²) < 4.78 is 4.44.